The summed E-state index contributed by atoms with van der Waals surface area (Å²) >= 11 is 0. The molecule has 0 atom stereocenters. The third-order valence-electron chi connectivity index (χ3n) is 7.87. The van der Waals surface area contributed by atoms with Crippen LogP contribution in [0.25, 0.3) is 11.1 Å². The van der Waals surface area contributed by atoms with Crippen molar-refractivity contribution in [3.8, 4) is 22.9 Å². The second kappa shape index (κ2) is 12.8. The molecule has 0 aliphatic heterocycles. The molecule has 5 rings (SSSR count). The van der Waals surface area contributed by atoms with Gasteiger partial charge >= 0.3 is 0 Å². The Hall–Kier alpha value is -4.17. The zero-order valence-corrected chi connectivity index (χ0v) is 23.5. The third-order valence-corrected chi connectivity index (χ3v) is 7.87. The fraction of sp³-hybridized carbons (Fsp3) is 0.343. The largest absolute Gasteiger partial charge is 0.494 e. The highest BCUT2D eigenvalue weighted by molar-refractivity contribution is 5.67. The molecule has 1 aliphatic carbocycles. The average molecular weight is 532 g/mol. The van der Waals surface area contributed by atoms with Crippen LogP contribution < -0.4 is 10.3 Å². The number of hydrogen-bond acceptors (Lipinski definition) is 4. The number of aryl methyl sites for hydroxylation is 1. The molecule has 1 aromatic heterocycles. The number of ether oxygens (including phenoxy) is 1. The van der Waals surface area contributed by atoms with Crippen LogP contribution in [0.15, 0.2) is 77.6 Å². The number of benzene rings is 3. The van der Waals surface area contributed by atoms with Crippen molar-refractivity contribution in [3.63, 3.8) is 0 Å². The Balaban J connectivity index is 1.50. The Morgan fingerprint density at radius 1 is 0.975 bits per heavy atom. The highest BCUT2D eigenvalue weighted by atomic mass is 16.5. The maximum absolute atomic E-state index is 14.3. The lowest BCUT2D eigenvalue weighted by atomic mass is 9.80. The number of hydrogen-bond donors (Lipinski definition) is 0. The summed E-state index contributed by atoms with van der Waals surface area (Å²) in [5.74, 6) is 2.04. The molecule has 5 heteroatoms. The fourth-order valence-electron chi connectivity index (χ4n) is 5.39. The highest BCUT2D eigenvalue weighted by Gasteiger charge is 2.28. The molecule has 1 heterocycles. The third kappa shape index (κ3) is 6.02. The van der Waals surface area contributed by atoms with Crippen LogP contribution in [0.4, 0.5) is 0 Å². The van der Waals surface area contributed by atoms with E-state index in [-0.39, 0.29) is 5.56 Å². The summed E-state index contributed by atoms with van der Waals surface area (Å²) in [6.45, 7) is 5.23. The summed E-state index contributed by atoms with van der Waals surface area (Å²) in [7, 11) is 0. The van der Waals surface area contributed by atoms with Crippen molar-refractivity contribution in [2.24, 2.45) is 0 Å². The first-order chi connectivity index (χ1) is 19.6. The van der Waals surface area contributed by atoms with Crippen LogP contribution in [0.1, 0.15) is 85.6 Å². The Kier molecular flexibility index (Phi) is 8.76. The first-order valence-electron chi connectivity index (χ1n) is 14.5. The average Bonchev–Trinajstić information content (AvgIpc) is 2.95. The van der Waals surface area contributed by atoms with Gasteiger partial charge in [0, 0.05) is 12.3 Å². The van der Waals surface area contributed by atoms with Gasteiger partial charge in [0.2, 0.25) is 0 Å². The molecule has 0 saturated heterocycles. The fourth-order valence-corrected chi connectivity index (χ4v) is 5.39. The molecule has 0 amide bonds. The smallest absolute Gasteiger partial charge is 0.261 e. The van der Waals surface area contributed by atoms with E-state index >= 15 is 0 Å². The molecular weight excluding hydrogens is 494 g/mol. The number of unbranched alkanes of at least 4 members (excludes halogenated alkanes) is 1. The van der Waals surface area contributed by atoms with E-state index in [2.05, 4.69) is 37.3 Å². The van der Waals surface area contributed by atoms with E-state index in [1.165, 1.54) is 6.42 Å². The number of nitrogens with zero attached hydrogens (tertiary/aromatic N) is 3. The summed E-state index contributed by atoms with van der Waals surface area (Å²) in [5, 5.41) is 9.44. The molecule has 204 valence electrons. The van der Waals surface area contributed by atoms with E-state index in [0.717, 1.165) is 77.2 Å². The lowest BCUT2D eigenvalue weighted by Crippen LogP contribution is -2.30. The highest BCUT2D eigenvalue weighted by Crippen LogP contribution is 2.39. The minimum absolute atomic E-state index is 0.0409. The van der Waals surface area contributed by atoms with Crippen molar-refractivity contribution in [1.29, 1.82) is 5.26 Å². The van der Waals surface area contributed by atoms with Crippen LogP contribution in [0, 0.1) is 11.3 Å². The summed E-state index contributed by atoms with van der Waals surface area (Å²) in [4.78, 5) is 19.5. The zero-order chi connectivity index (χ0) is 27.9. The monoisotopic (exact) mass is 531 g/mol. The molecule has 0 spiro atoms. The summed E-state index contributed by atoms with van der Waals surface area (Å²) in [6, 6.07) is 26.3. The number of nitriles is 1. The Bertz CT molecular complexity index is 1540. The molecule has 5 nitrogen and oxygen atoms in total. The maximum atomic E-state index is 14.3. The molecule has 1 aliphatic rings. The summed E-state index contributed by atoms with van der Waals surface area (Å²) in [6.07, 6.45) is 6.90. The van der Waals surface area contributed by atoms with Gasteiger partial charge in [0.15, 0.2) is 0 Å². The van der Waals surface area contributed by atoms with E-state index in [1.807, 2.05) is 60.0 Å². The van der Waals surface area contributed by atoms with E-state index in [4.69, 9.17) is 9.72 Å². The van der Waals surface area contributed by atoms with Crippen LogP contribution in [0.3, 0.4) is 0 Å². The molecule has 1 saturated carbocycles. The Labute approximate surface area is 237 Å². The molecule has 0 unspecified atom stereocenters. The molecule has 0 N–H and O–H groups in total. The Morgan fingerprint density at radius 3 is 2.35 bits per heavy atom. The quantitative estimate of drug-likeness (QED) is 0.202. The van der Waals surface area contributed by atoms with E-state index in [9.17, 15) is 10.1 Å². The van der Waals surface area contributed by atoms with E-state index in [1.54, 1.807) is 0 Å². The lowest BCUT2D eigenvalue weighted by Gasteiger charge is -2.28. The standard InChI is InChI=1S/C35H37N3O2/c1-3-5-13-32-37-34(28-11-8-12-28)33(27-18-20-31(21-19-27)40-4-2)35(39)38(32)24-26-16-14-25(15-17-26)22-29-9-6-7-10-30(29)23-36/h6-7,9-10,14-21,28H,3-5,8,11-13,22,24H2,1-2H3. The van der Waals surface area contributed by atoms with Crippen LogP contribution in [-0.2, 0) is 19.4 Å². The maximum Gasteiger partial charge on any atom is 0.261 e. The summed E-state index contributed by atoms with van der Waals surface area (Å²) < 4.78 is 7.54. The molecular formula is C35H37N3O2. The van der Waals surface area contributed by atoms with E-state index in [0.29, 0.717) is 31.1 Å². The predicted octanol–water partition coefficient (Wildman–Crippen LogP) is 7.43. The van der Waals surface area contributed by atoms with Gasteiger partial charge in [-0.2, -0.15) is 5.26 Å². The van der Waals surface area contributed by atoms with Gasteiger partial charge in [-0.1, -0.05) is 74.4 Å². The van der Waals surface area contributed by atoms with Gasteiger partial charge in [-0.15, -0.1) is 0 Å². The van der Waals surface area contributed by atoms with Crippen molar-refractivity contribution in [2.45, 2.75) is 71.3 Å². The minimum atomic E-state index is 0.0409. The topological polar surface area (TPSA) is 67.9 Å². The van der Waals surface area contributed by atoms with Gasteiger partial charge in [0.05, 0.1) is 36.0 Å². The van der Waals surface area contributed by atoms with Crippen LogP contribution in [0.5, 0.6) is 5.75 Å². The second-order valence-corrected chi connectivity index (χ2v) is 10.6. The zero-order valence-electron chi connectivity index (χ0n) is 23.5. The van der Waals surface area contributed by atoms with Gasteiger partial charge in [-0.25, -0.2) is 4.98 Å². The SMILES string of the molecule is CCCCc1nc(C2CCC2)c(-c2ccc(OCC)cc2)c(=O)n1Cc1ccc(Cc2ccccc2C#N)cc1. The van der Waals surface area contributed by atoms with Crippen LogP contribution in [0.2, 0.25) is 0 Å². The van der Waals surface area contributed by atoms with E-state index < -0.39 is 0 Å². The summed E-state index contributed by atoms with van der Waals surface area (Å²) in [5.41, 5.74) is 6.58. The minimum Gasteiger partial charge on any atom is -0.494 e. The van der Waals surface area contributed by atoms with Gasteiger partial charge in [-0.3, -0.25) is 9.36 Å². The first-order valence-corrected chi connectivity index (χ1v) is 14.5. The molecule has 4 aromatic rings. The molecule has 1 fully saturated rings. The van der Waals surface area contributed by atoms with Crippen LogP contribution >= 0.6 is 0 Å². The van der Waals surface area contributed by atoms with Crippen molar-refractivity contribution < 1.29 is 4.74 Å². The molecule has 0 bridgehead atoms. The Morgan fingerprint density at radius 2 is 1.70 bits per heavy atom. The lowest BCUT2D eigenvalue weighted by molar-refractivity contribution is 0.340. The number of aromatic nitrogens is 2. The molecule has 0 radical (unpaired) electrons. The van der Waals surface area contributed by atoms with Gasteiger partial charge in [-0.05, 0) is 73.1 Å². The number of rotatable bonds is 11. The van der Waals surface area contributed by atoms with Crippen LogP contribution in [-0.4, -0.2) is 16.2 Å². The first kappa shape index (κ1) is 27.4. The van der Waals surface area contributed by atoms with Crippen molar-refractivity contribution in [1.82, 2.24) is 9.55 Å². The molecule has 40 heavy (non-hydrogen) atoms. The van der Waals surface area contributed by atoms with Crippen molar-refractivity contribution >= 4 is 0 Å². The molecule has 3 aromatic carbocycles. The predicted molar refractivity (Wildman–Crippen MR) is 160 cm³/mol. The van der Waals surface area contributed by atoms with Gasteiger partial charge in [0.1, 0.15) is 11.6 Å². The van der Waals surface area contributed by atoms with Gasteiger partial charge in [0.25, 0.3) is 5.56 Å². The van der Waals surface area contributed by atoms with Gasteiger partial charge < -0.3 is 4.74 Å². The van der Waals surface area contributed by atoms with Crippen molar-refractivity contribution in [2.75, 3.05) is 6.61 Å². The second-order valence-electron chi connectivity index (χ2n) is 10.6. The van der Waals surface area contributed by atoms with Crippen molar-refractivity contribution in [3.05, 3.63) is 117 Å². The normalized spacial score (nSPS) is 13.0.